The molecule has 6 heteroatoms. The molecular weight excluding hydrogens is 624 g/mol. The summed E-state index contributed by atoms with van der Waals surface area (Å²) < 4.78 is 8.08. The van der Waals surface area contributed by atoms with Gasteiger partial charge in [-0.25, -0.2) is 4.98 Å². The van der Waals surface area contributed by atoms with Gasteiger partial charge in [0.25, 0.3) is 0 Å². The van der Waals surface area contributed by atoms with E-state index < -0.39 is 0 Å². The van der Waals surface area contributed by atoms with E-state index in [1.165, 1.54) is 0 Å². The van der Waals surface area contributed by atoms with Crippen molar-refractivity contribution in [1.29, 1.82) is 5.26 Å². The number of rotatable bonds is 5. The highest BCUT2D eigenvalue weighted by molar-refractivity contribution is 14.1. The Labute approximate surface area is 214 Å². The molecule has 0 bridgehead atoms. The zero-order valence-electron chi connectivity index (χ0n) is 17.3. The number of aromatic nitrogens is 1. The van der Waals surface area contributed by atoms with E-state index in [2.05, 4.69) is 56.2 Å². The van der Waals surface area contributed by atoms with E-state index in [4.69, 9.17) is 10.5 Å². The zero-order chi connectivity index (χ0) is 22.7. The van der Waals surface area contributed by atoms with E-state index in [9.17, 15) is 5.26 Å². The lowest BCUT2D eigenvalue weighted by atomic mass is 9.90. The van der Waals surface area contributed by atoms with Gasteiger partial charge in [-0.1, -0.05) is 60.7 Å². The van der Waals surface area contributed by atoms with Gasteiger partial charge in [0.1, 0.15) is 29.8 Å². The second-order valence-electron chi connectivity index (χ2n) is 7.23. The molecular formula is C26H19I2N3O. The number of hydrogen-bond donors (Lipinski definition) is 1. The molecule has 2 N–H and O–H groups in total. The molecule has 4 rings (SSSR count). The Morgan fingerprint density at radius 3 is 2.09 bits per heavy atom. The lowest BCUT2D eigenvalue weighted by molar-refractivity contribution is 0.302. The number of ether oxygens (including phenoxy) is 1. The first kappa shape index (κ1) is 22.6. The summed E-state index contributed by atoms with van der Waals surface area (Å²) in [6.45, 7) is 2.42. The van der Waals surface area contributed by atoms with Crippen molar-refractivity contribution in [1.82, 2.24) is 4.98 Å². The van der Waals surface area contributed by atoms with E-state index in [0.29, 0.717) is 12.2 Å². The molecule has 0 saturated heterocycles. The predicted molar refractivity (Wildman–Crippen MR) is 145 cm³/mol. The average molecular weight is 643 g/mol. The number of anilines is 1. The van der Waals surface area contributed by atoms with Crippen molar-refractivity contribution in [3.8, 4) is 34.1 Å². The van der Waals surface area contributed by atoms with Crippen LogP contribution in [0.25, 0.3) is 22.3 Å². The SMILES string of the molecule is Cc1nc(N)c(C#N)c(-c2cc(I)c(OCc3ccccc3)c(I)c2)c1-c1ccccc1. The van der Waals surface area contributed by atoms with Crippen LogP contribution in [0.2, 0.25) is 0 Å². The number of nitrogens with two attached hydrogens (primary N) is 1. The summed E-state index contributed by atoms with van der Waals surface area (Å²) in [5.74, 6) is 1.08. The van der Waals surface area contributed by atoms with Crippen LogP contribution >= 0.6 is 45.2 Å². The quantitative estimate of drug-likeness (QED) is 0.239. The number of pyridine rings is 1. The first-order valence-corrected chi connectivity index (χ1v) is 12.1. The molecule has 1 heterocycles. The zero-order valence-corrected chi connectivity index (χ0v) is 21.6. The molecule has 0 amide bonds. The Hall–Kier alpha value is -2.64. The highest BCUT2D eigenvalue weighted by Crippen LogP contribution is 2.41. The average Bonchev–Trinajstić information content (AvgIpc) is 2.79. The van der Waals surface area contributed by atoms with Gasteiger partial charge in [0.2, 0.25) is 0 Å². The number of nitrogen functional groups attached to an aromatic ring is 1. The minimum absolute atomic E-state index is 0.245. The smallest absolute Gasteiger partial charge is 0.146 e. The third kappa shape index (κ3) is 4.59. The summed E-state index contributed by atoms with van der Waals surface area (Å²) >= 11 is 4.58. The Morgan fingerprint density at radius 1 is 0.906 bits per heavy atom. The van der Waals surface area contributed by atoms with Crippen LogP contribution in [0.1, 0.15) is 16.8 Å². The molecule has 4 nitrogen and oxygen atoms in total. The Bertz CT molecular complexity index is 1290. The first-order valence-electron chi connectivity index (χ1n) is 9.91. The fourth-order valence-corrected chi connectivity index (χ4v) is 5.74. The standard InChI is InChI=1S/C26H19I2N3O/c1-16-23(18-10-6-3-7-11-18)24(20(14-29)26(30)31-16)19-12-21(27)25(22(28)13-19)32-15-17-8-4-2-5-9-17/h2-13H,15H2,1H3,(H2,30,31). The van der Waals surface area contributed by atoms with Crippen molar-refractivity contribution >= 4 is 51.0 Å². The van der Waals surface area contributed by atoms with Crippen molar-refractivity contribution in [3.05, 3.63) is 96.8 Å². The molecule has 3 aromatic carbocycles. The number of benzene rings is 3. The summed E-state index contributed by atoms with van der Waals surface area (Å²) in [6.07, 6.45) is 0. The van der Waals surface area contributed by atoms with Crippen LogP contribution in [0, 0.1) is 25.4 Å². The molecule has 0 spiro atoms. The number of halogens is 2. The fraction of sp³-hybridized carbons (Fsp3) is 0.0769. The molecule has 0 unspecified atom stereocenters. The Kier molecular flexibility index (Phi) is 6.96. The minimum Gasteiger partial charge on any atom is -0.487 e. The molecule has 158 valence electrons. The van der Waals surface area contributed by atoms with Gasteiger partial charge in [0.15, 0.2) is 0 Å². The van der Waals surface area contributed by atoms with Crippen LogP contribution in [-0.2, 0) is 6.61 Å². The summed E-state index contributed by atoms with van der Waals surface area (Å²) in [6, 6.07) is 26.4. The molecule has 4 aromatic rings. The van der Waals surface area contributed by atoms with Gasteiger partial charge in [-0.2, -0.15) is 5.26 Å². The molecule has 32 heavy (non-hydrogen) atoms. The van der Waals surface area contributed by atoms with Gasteiger partial charge in [-0.3, -0.25) is 0 Å². The van der Waals surface area contributed by atoms with E-state index in [0.717, 1.165) is 46.4 Å². The normalized spacial score (nSPS) is 10.6. The molecule has 0 aliphatic heterocycles. The van der Waals surface area contributed by atoms with Crippen LogP contribution in [-0.4, -0.2) is 4.98 Å². The summed E-state index contributed by atoms with van der Waals surface area (Å²) in [5, 5.41) is 9.93. The number of nitrogens with zero attached hydrogens (tertiary/aromatic N) is 2. The Balaban J connectivity index is 1.84. The topological polar surface area (TPSA) is 71.9 Å². The van der Waals surface area contributed by atoms with Crippen LogP contribution in [0.4, 0.5) is 5.82 Å². The molecule has 0 atom stereocenters. The van der Waals surface area contributed by atoms with E-state index >= 15 is 0 Å². The van der Waals surface area contributed by atoms with Crippen molar-refractivity contribution in [3.63, 3.8) is 0 Å². The minimum atomic E-state index is 0.245. The van der Waals surface area contributed by atoms with Gasteiger partial charge in [-0.15, -0.1) is 0 Å². The maximum absolute atomic E-state index is 9.93. The molecule has 0 radical (unpaired) electrons. The molecule has 0 saturated carbocycles. The van der Waals surface area contributed by atoms with Gasteiger partial charge in [0, 0.05) is 16.8 Å². The van der Waals surface area contributed by atoms with E-state index in [1.807, 2.05) is 79.7 Å². The third-order valence-electron chi connectivity index (χ3n) is 5.09. The van der Waals surface area contributed by atoms with Crippen LogP contribution in [0.3, 0.4) is 0 Å². The third-order valence-corrected chi connectivity index (χ3v) is 6.70. The maximum atomic E-state index is 9.93. The molecule has 1 aromatic heterocycles. The molecule has 0 fully saturated rings. The highest BCUT2D eigenvalue weighted by atomic mass is 127. The summed E-state index contributed by atoms with van der Waals surface area (Å²) in [5.41, 5.74) is 12.1. The second-order valence-corrected chi connectivity index (χ2v) is 9.55. The van der Waals surface area contributed by atoms with Gasteiger partial charge < -0.3 is 10.5 Å². The van der Waals surface area contributed by atoms with Crippen LogP contribution in [0.15, 0.2) is 72.8 Å². The largest absolute Gasteiger partial charge is 0.487 e. The second kappa shape index (κ2) is 9.88. The van der Waals surface area contributed by atoms with Gasteiger partial charge in [-0.05, 0) is 80.9 Å². The van der Waals surface area contributed by atoms with Crippen molar-refractivity contribution in [2.75, 3.05) is 5.73 Å². The van der Waals surface area contributed by atoms with Crippen LogP contribution in [0.5, 0.6) is 5.75 Å². The van der Waals surface area contributed by atoms with E-state index in [-0.39, 0.29) is 5.82 Å². The predicted octanol–water partition coefficient (Wildman–Crippen LogP) is 6.97. The van der Waals surface area contributed by atoms with E-state index in [1.54, 1.807) is 0 Å². The first-order chi connectivity index (χ1) is 15.5. The summed E-state index contributed by atoms with van der Waals surface area (Å²) in [4.78, 5) is 4.46. The van der Waals surface area contributed by atoms with Crippen molar-refractivity contribution in [2.45, 2.75) is 13.5 Å². The lowest BCUT2D eigenvalue weighted by Crippen LogP contribution is -2.04. The lowest BCUT2D eigenvalue weighted by Gasteiger charge is -2.18. The molecule has 0 aliphatic rings. The fourth-order valence-electron chi connectivity index (χ4n) is 3.66. The van der Waals surface area contributed by atoms with Crippen molar-refractivity contribution in [2.24, 2.45) is 0 Å². The maximum Gasteiger partial charge on any atom is 0.146 e. The van der Waals surface area contributed by atoms with Crippen LogP contribution < -0.4 is 10.5 Å². The monoisotopic (exact) mass is 643 g/mol. The molecule has 0 aliphatic carbocycles. The number of nitriles is 1. The summed E-state index contributed by atoms with van der Waals surface area (Å²) in [7, 11) is 0. The Morgan fingerprint density at radius 2 is 1.50 bits per heavy atom. The number of aryl methyl sites for hydroxylation is 1. The number of hydrogen-bond acceptors (Lipinski definition) is 4. The van der Waals surface area contributed by atoms with Gasteiger partial charge in [0.05, 0.1) is 7.14 Å². The van der Waals surface area contributed by atoms with Gasteiger partial charge >= 0.3 is 0 Å². The highest BCUT2D eigenvalue weighted by Gasteiger charge is 2.21. The van der Waals surface area contributed by atoms with Crippen molar-refractivity contribution < 1.29 is 4.74 Å².